The van der Waals surface area contributed by atoms with Gasteiger partial charge in [-0.2, -0.15) is 0 Å². The van der Waals surface area contributed by atoms with E-state index in [0.29, 0.717) is 6.42 Å². The molecule has 57 heavy (non-hydrogen) atoms. The van der Waals surface area contributed by atoms with Crippen LogP contribution in [0.4, 0.5) is 0 Å². The van der Waals surface area contributed by atoms with Gasteiger partial charge in [-0.25, -0.2) is 4.79 Å². The Morgan fingerprint density at radius 2 is 1.58 bits per heavy atom. The minimum atomic E-state index is -1.24. The maximum absolute atomic E-state index is 13.9. The van der Waals surface area contributed by atoms with Gasteiger partial charge in [0.25, 0.3) is 5.91 Å². The predicted octanol–water partition coefficient (Wildman–Crippen LogP) is 5.04. The fraction of sp³-hybridized carbons (Fsp3) is 0.619. The molecule has 4 N–H and O–H groups in total. The van der Waals surface area contributed by atoms with E-state index in [2.05, 4.69) is 20.7 Å². The van der Waals surface area contributed by atoms with E-state index in [1.165, 1.54) is 37.7 Å². The summed E-state index contributed by atoms with van der Waals surface area (Å²) in [7, 11) is 2.91. The number of allylic oxidation sites excluding steroid dienone is 1. The van der Waals surface area contributed by atoms with Crippen LogP contribution in [0.2, 0.25) is 0 Å². The number of amides is 4. The lowest BCUT2D eigenvalue weighted by molar-refractivity contribution is -0.154. The van der Waals surface area contributed by atoms with Crippen molar-refractivity contribution in [2.45, 2.75) is 131 Å². The van der Waals surface area contributed by atoms with E-state index in [9.17, 15) is 28.8 Å². The lowest BCUT2D eigenvalue weighted by atomic mass is 9.88. The molecule has 0 bridgehead atoms. The van der Waals surface area contributed by atoms with Crippen LogP contribution in [0, 0.1) is 17.8 Å². The molecule has 15 heteroatoms. The van der Waals surface area contributed by atoms with Crippen LogP contribution in [0.25, 0.3) is 10.4 Å². The number of esters is 1. The molecule has 0 spiro atoms. The first-order chi connectivity index (χ1) is 26.7. The predicted molar refractivity (Wildman–Crippen MR) is 221 cm³/mol. The van der Waals surface area contributed by atoms with E-state index in [1.807, 2.05) is 84.9 Å². The van der Waals surface area contributed by atoms with Gasteiger partial charge in [0.2, 0.25) is 17.7 Å². The molecular weight excluding hydrogens is 729 g/mol. The number of nitrogens with one attached hydrogen (secondary N) is 2. The first-order valence-corrected chi connectivity index (χ1v) is 19.7. The highest BCUT2D eigenvalue weighted by Crippen LogP contribution is 2.21. The quantitative estimate of drug-likeness (QED) is 0.0340. The number of Topliss-reactive ketones (excluding diaryl/α,β-unsaturated/α-hetero) is 1. The number of benzene rings is 1. The van der Waals surface area contributed by atoms with E-state index < -0.39 is 59.9 Å². The zero-order valence-electron chi connectivity index (χ0n) is 35.9. The Morgan fingerprint density at radius 1 is 0.965 bits per heavy atom. The number of azide groups is 1. The highest BCUT2D eigenvalue weighted by atomic mass is 16.5. The molecule has 1 aromatic rings. The summed E-state index contributed by atoms with van der Waals surface area (Å²) in [6, 6.07) is 5.31. The number of carbonyl (C=O) groups excluding carboxylic acids is 6. The molecule has 0 fully saturated rings. The SMILES string of the molecule is C/C=C(\C)[C@@H](N)[C@@H](C)[C@H](C/C=C(\C)C(=O)O[C@H](CC(C)C)C(=O)N[C@@H](C)C(=O)N(C)[C@H](Cc1ccccc1)C(=O)N(C)CC(=O)N[C@H](C(C)=O)C(C)CC)N=[N+]=[N-]. The molecular formula is C42H66N8O7. The van der Waals surface area contributed by atoms with Crippen molar-refractivity contribution in [3.8, 4) is 0 Å². The van der Waals surface area contributed by atoms with Gasteiger partial charge in [0.05, 0.1) is 12.6 Å². The van der Waals surface area contributed by atoms with Crippen molar-refractivity contribution in [2.24, 2.45) is 28.6 Å². The molecule has 0 aliphatic heterocycles. The second-order valence-electron chi connectivity index (χ2n) is 15.5. The molecule has 0 saturated carbocycles. The van der Waals surface area contributed by atoms with Crippen LogP contribution in [-0.4, -0.2) is 102 Å². The van der Waals surface area contributed by atoms with Gasteiger partial charge in [-0.3, -0.25) is 24.0 Å². The number of hydrogen-bond acceptors (Lipinski definition) is 9. The molecule has 0 aliphatic carbocycles. The number of ether oxygens (including phenoxy) is 1. The number of nitrogens with two attached hydrogens (primary N) is 1. The fourth-order valence-corrected chi connectivity index (χ4v) is 6.22. The van der Waals surface area contributed by atoms with Crippen LogP contribution < -0.4 is 16.4 Å². The molecule has 1 unspecified atom stereocenters. The molecule has 1 rings (SSSR count). The number of ketones is 1. The third kappa shape index (κ3) is 16.2. The first-order valence-electron chi connectivity index (χ1n) is 19.7. The summed E-state index contributed by atoms with van der Waals surface area (Å²) in [6.45, 7) is 17.2. The van der Waals surface area contributed by atoms with E-state index in [0.717, 1.165) is 11.1 Å². The number of carbonyl (C=O) groups is 6. The maximum Gasteiger partial charge on any atom is 0.334 e. The van der Waals surface area contributed by atoms with Crippen molar-refractivity contribution < 1.29 is 33.5 Å². The number of hydrogen-bond donors (Lipinski definition) is 3. The Morgan fingerprint density at radius 3 is 2.11 bits per heavy atom. The minimum absolute atomic E-state index is 0.0606. The van der Waals surface area contributed by atoms with Crippen molar-refractivity contribution in [3.63, 3.8) is 0 Å². The topological polar surface area (TPSA) is 217 Å². The summed E-state index contributed by atoms with van der Waals surface area (Å²) in [6.07, 6.45) is 3.43. The zero-order valence-corrected chi connectivity index (χ0v) is 35.9. The van der Waals surface area contributed by atoms with Crippen molar-refractivity contribution >= 4 is 35.4 Å². The highest BCUT2D eigenvalue weighted by Gasteiger charge is 2.35. The van der Waals surface area contributed by atoms with Crippen molar-refractivity contribution in [3.05, 3.63) is 69.6 Å². The van der Waals surface area contributed by atoms with Gasteiger partial charge in [0, 0.05) is 43.1 Å². The van der Waals surface area contributed by atoms with Crippen molar-refractivity contribution in [1.82, 2.24) is 20.4 Å². The Hall–Kier alpha value is -5.01. The lowest BCUT2D eigenvalue weighted by Gasteiger charge is -2.33. The molecule has 0 saturated heterocycles. The maximum atomic E-state index is 13.9. The molecule has 0 aromatic heterocycles. The Labute approximate surface area is 338 Å². The Kier molecular flexibility index (Phi) is 21.6. The van der Waals surface area contributed by atoms with Gasteiger partial charge in [-0.15, -0.1) is 0 Å². The number of rotatable bonds is 23. The summed E-state index contributed by atoms with van der Waals surface area (Å²) < 4.78 is 5.68. The van der Waals surface area contributed by atoms with Gasteiger partial charge in [0.1, 0.15) is 12.1 Å². The van der Waals surface area contributed by atoms with E-state index >= 15 is 0 Å². The smallest absolute Gasteiger partial charge is 0.334 e. The fourth-order valence-electron chi connectivity index (χ4n) is 6.22. The average Bonchev–Trinajstić information content (AvgIpc) is 3.17. The Balaban J connectivity index is 3.21. The van der Waals surface area contributed by atoms with E-state index in [4.69, 9.17) is 16.0 Å². The summed E-state index contributed by atoms with van der Waals surface area (Å²) in [5, 5.41) is 9.30. The first kappa shape index (κ1) is 50.0. The second kappa shape index (κ2) is 24.6. The van der Waals surface area contributed by atoms with Gasteiger partial charge in [0.15, 0.2) is 11.9 Å². The molecule has 4 amide bonds. The van der Waals surface area contributed by atoms with E-state index in [1.54, 1.807) is 13.0 Å². The summed E-state index contributed by atoms with van der Waals surface area (Å²) in [5.74, 6) is -3.61. The van der Waals surface area contributed by atoms with E-state index in [-0.39, 0.29) is 61.0 Å². The second-order valence-corrected chi connectivity index (χ2v) is 15.5. The minimum Gasteiger partial charge on any atom is -0.449 e. The zero-order chi connectivity index (χ0) is 43.6. The standard InChI is InChI=1S/C42H66N8O7/c1-13-26(5)37(43)29(8)33(47-48-44)21-20-28(7)42(56)57-35(22-25(3)4)39(53)45-30(9)40(54)50(12)34(23-32-18-16-15-17-19-32)41(55)49(11)24-36(52)46-38(31(10)51)27(6)14-2/h13,15-20,25,27,29-30,33-35,37-38H,14,21-24,43H2,1-12H3,(H,45,53)(H,46,52)/b26-13+,28-20+/t27?,29-,30-,33-,34+,35+,37+,38-/m0/s1. The third-order valence-corrected chi connectivity index (χ3v) is 10.4. The number of nitrogens with zero attached hydrogens (tertiary/aromatic N) is 5. The van der Waals surface area contributed by atoms with Gasteiger partial charge in [-0.1, -0.05) is 94.2 Å². The van der Waals surface area contributed by atoms with Crippen LogP contribution >= 0.6 is 0 Å². The number of likely N-dealkylation sites (N-methyl/N-ethyl adjacent to an activating group) is 2. The van der Waals surface area contributed by atoms with Crippen LogP contribution in [0.5, 0.6) is 0 Å². The van der Waals surface area contributed by atoms with Crippen LogP contribution in [0.3, 0.4) is 0 Å². The average molecular weight is 795 g/mol. The molecule has 316 valence electrons. The molecule has 8 atom stereocenters. The van der Waals surface area contributed by atoms with Crippen LogP contribution in [0.15, 0.2) is 58.7 Å². The summed E-state index contributed by atoms with van der Waals surface area (Å²) in [5.41, 5.74) is 17.4. The largest absolute Gasteiger partial charge is 0.449 e. The normalized spacial score (nSPS) is 16.0. The summed E-state index contributed by atoms with van der Waals surface area (Å²) >= 11 is 0. The third-order valence-electron chi connectivity index (χ3n) is 10.4. The van der Waals surface area contributed by atoms with Crippen LogP contribution in [0.1, 0.15) is 94.1 Å². The summed E-state index contributed by atoms with van der Waals surface area (Å²) in [4.78, 5) is 85.3. The van der Waals surface area contributed by atoms with Gasteiger partial charge >= 0.3 is 5.97 Å². The van der Waals surface area contributed by atoms with Crippen LogP contribution in [-0.2, 0) is 39.9 Å². The molecule has 1 aromatic carbocycles. The lowest BCUT2D eigenvalue weighted by Crippen LogP contribution is -2.56. The Bertz CT molecular complexity index is 1640. The van der Waals surface area contributed by atoms with Crippen molar-refractivity contribution in [2.75, 3.05) is 20.6 Å². The molecule has 15 nitrogen and oxygen atoms in total. The van der Waals surface area contributed by atoms with Crippen molar-refractivity contribution in [1.29, 1.82) is 0 Å². The molecule has 0 radical (unpaired) electrons. The monoisotopic (exact) mass is 795 g/mol. The molecule has 0 heterocycles. The highest BCUT2D eigenvalue weighted by molar-refractivity contribution is 5.95. The molecule has 0 aliphatic rings. The van der Waals surface area contributed by atoms with Gasteiger partial charge < -0.3 is 30.9 Å². The van der Waals surface area contributed by atoms with Gasteiger partial charge in [-0.05, 0) is 76.3 Å².